The van der Waals surface area contributed by atoms with Crippen LogP contribution in [0.5, 0.6) is 0 Å². The summed E-state index contributed by atoms with van der Waals surface area (Å²) < 4.78 is 16.5. The third kappa shape index (κ3) is 8.17. The molecule has 1 aliphatic rings. The third-order valence-electron chi connectivity index (χ3n) is 6.43. The molecule has 1 aromatic carbocycles. The Morgan fingerprint density at radius 1 is 1.15 bits per heavy atom. The van der Waals surface area contributed by atoms with Crippen LogP contribution in [0, 0.1) is 5.92 Å². The number of likely N-dealkylation sites (N-methyl/N-ethyl adjacent to an activating group) is 1. The Labute approximate surface area is 228 Å². The van der Waals surface area contributed by atoms with Crippen molar-refractivity contribution < 1.29 is 33.2 Å². The zero-order valence-corrected chi connectivity index (χ0v) is 22.9. The lowest BCUT2D eigenvalue weighted by atomic mass is 9.64. The van der Waals surface area contributed by atoms with Gasteiger partial charge in [0, 0.05) is 24.6 Å². The van der Waals surface area contributed by atoms with Gasteiger partial charge < -0.3 is 19.4 Å². The molecule has 1 aliphatic heterocycles. The first-order chi connectivity index (χ1) is 18.6. The first-order valence-electron chi connectivity index (χ1n) is 12.8. The van der Waals surface area contributed by atoms with Gasteiger partial charge in [-0.1, -0.05) is 44.2 Å². The average molecular weight is 538 g/mol. The number of amides is 1. The van der Waals surface area contributed by atoms with Crippen LogP contribution < -0.4 is 5.32 Å². The van der Waals surface area contributed by atoms with Crippen LogP contribution in [0.15, 0.2) is 48.9 Å². The Balaban J connectivity index is 1.85. The van der Waals surface area contributed by atoms with Gasteiger partial charge in [-0.3, -0.25) is 24.3 Å². The maximum Gasteiger partial charge on any atom is 0.531 e. The van der Waals surface area contributed by atoms with Gasteiger partial charge in [0.05, 0.1) is 19.3 Å². The van der Waals surface area contributed by atoms with Gasteiger partial charge in [-0.15, -0.1) is 0 Å². The summed E-state index contributed by atoms with van der Waals surface area (Å²) >= 11 is 0. The topological polar surface area (TPSA) is 137 Å². The SMILES string of the molecule is COC(=O)[C@@H]1OB([C@@H](CC(=O)[C@H](Cc2ccccc2)NC(=O)c2cnccn2)CC(C)C)OC(=O)[C@@H]1N(C)C. The molecule has 0 radical (unpaired) electrons. The monoisotopic (exact) mass is 538 g/mol. The highest BCUT2D eigenvalue weighted by Crippen LogP contribution is 2.32. The van der Waals surface area contributed by atoms with E-state index in [4.69, 9.17) is 14.0 Å². The summed E-state index contributed by atoms with van der Waals surface area (Å²) in [4.78, 5) is 61.5. The molecule has 208 valence electrons. The molecule has 0 bridgehead atoms. The van der Waals surface area contributed by atoms with E-state index in [9.17, 15) is 19.2 Å². The van der Waals surface area contributed by atoms with Crippen LogP contribution >= 0.6 is 0 Å². The number of hydrogen-bond donors (Lipinski definition) is 1. The van der Waals surface area contributed by atoms with Crippen molar-refractivity contribution in [2.45, 2.75) is 57.1 Å². The van der Waals surface area contributed by atoms with Crippen LogP contribution in [0.25, 0.3) is 0 Å². The molecule has 3 rings (SSSR count). The minimum absolute atomic E-state index is 0.0606. The van der Waals surface area contributed by atoms with Crippen LogP contribution in [0.3, 0.4) is 0 Å². The Kier molecular flexibility index (Phi) is 10.7. The van der Waals surface area contributed by atoms with Crippen molar-refractivity contribution in [2.24, 2.45) is 5.92 Å². The summed E-state index contributed by atoms with van der Waals surface area (Å²) in [7, 11) is 3.34. The van der Waals surface area contributed by atoms with E-state index < -0.39 is 49.0 Å². The molecule has 12 heteroatoms. The maximum atomic E-state index is 13.7. The van der Waals surface area contributed by atoms with E-state index in [-0.39, 0.29) is 30.2 Å². The number of carbonyl (C=O) groups is 4. The lowest BCUT2D eigenvalue weighted by molar-refractivity contribution is -0.167. The van der Waals surface area contributed by atoms with Crippen LogP contribution in [0.2, 0.25) is 5.82 Å². The zero-order chi connectivity index (χ0) is 28.5. The Bertz CT molecular complexity index is 1130. The molecule has 2 heterocycles. The minimum Gasteiger partial charge on any atom is -0.508 e. The van der Waals surface area contributed by atoms with E-state index in [2.05, 4.69) is 15.3 Å². The fourth-order valence-electron chi connectivity index (χ4n) is 4.58. The number of benzene rings is 1. The van der Waals surface area contributed by atoms with Gasteiger partial charge >= 0.3 is 19.1 Å². The van der Waals surface area contributed by atoms with Crippen molar-refractivity contribution in [3.8, 4) is 0 Å². The number of nitrogens with zero attached hydrogens (tertiary/aromatic N) is 3. The molecule has 1 amide bonds. The second-order valence-corrected chi connectivity index (χ2v) is 10.2. The number of aromatic nitrogens is 2. The Morgan fingerprint density at radius 3 is 2.46 bits per heavy atom. The van der Waals surface area contributed by atoms with Gasteiger partial charge in [-0.05, 0) is 38.4 Å². The normalized spacial score (nSPS) is 18.8. The highest BCUT2D eigenvalue weighted by molar-refractivity contribution is 6.50. The summed E-state index contributed by atoms with van der Waals surface area (Å²) in [6.07, 6.45) is 3.62. The third-order valence-corrected chi connectivity index (χ3v) is 6.43. The van der Waals surface area contributed by atoms with Crippen molar-refractivity contribution in [3.05, 3.63) is 60.2 Å². The summed E-state index contributed by atoms with van der Waals surface area (Å²) in [6.45, 7) is 3.94. The number of ketones is 1. The molecule has 0 spiro atoms. The number of ether oxygens (including phenoxy) is 1. The summed E-state index contributed by atoms with van der Waals surface area (Å²) in [5, 5.41) is 2.79. The number of carbonyl (C=O) groups excluding carboxylic acids is 4. The number of Topliss-reactive ketones (excluding diaryl/α,β-unsaturated/α-hetero) is 1. The molecule has 0 aliphatic carbocycles. The second-order valence-electron chi connectivity index (χ2n) is 10.2. The quantitative estimate of drug-likeness (QED) is 0.314. The minimum atomic E-state index is -1.21. The smallest absolute Gasteiger partial charge is 0.508 e. The maximum absolute atomic E-state index is 13.7. The van der Waals surface area contributed by atoms with Gasteiger partial charge in [0.1, 0.15) is 11.7 Å². The molecule has 1 fully saturated rings. The standard InChI is InChI=1S/C27H35BN4O7/c1-17(2)13-19(28-38-24(27(36)37-5)23(32(3)4)26(35)39-28)15-22(33)20(14-18-9-7-6-8-10-18)31-25(34)21-16-29-11-12-30-21/h6-12,16-17,19-20,23-24H,13-15H2,1-5H3,(H,31,34)/t19-,20+,23-,24-/m1/s1. The fourth-order valence-corrected chi connectivity index (χ4v) is 4.58. The Hall–Kier alpha value is -3.64. The predicted molar refractivity (Wildman–Crippen MR) is 142 cm³/mol. The number of esters is 1. The molecular weight excluding hydrogens is 503 g/mol. The second kappa shape index (κ2) is 14.0. The molecule has 11 nitrogen and oxygen atoms in total. The average Bonchev–Trinajstić information content (AvgIpc) is 2.91. The van der Waals surface area contributed by atoms with Crippen molar-refractivity contribution in [1.82, 2.24) is 20.2 Å². The van der Waals surface area contributed by atoms with E-state index in [0.717, 1.165) is 5.56 Å². The molecule has 1 saturated heterocycles. The van der Waals surface area contributed by atoms with Gasteiger partial charge in [-0.2, -0.15) is 0 Å². The number of methoxy groups -OCH3 is 1. The van der Waals surface area contributed by atoms with Crippen molar-refractivity contribution >= 4 is 30.7 Å². The van der Waals surface area contributed by atoms with Gasteiger partial charge in [0.25, 0.3) is 5.91 Å². The molecular formula is C27H35BN4O7. The lowest BCUT2D eigenvalue weighted by Gasteiger charge is -2.38. The fraction of sp³-hybridized carbons (Fsp3) is 0.481. The van der Waals surface area contributed by atoms with Crippen molar-refractivity contribution in [1.29, 1.82) is 0 Å². The van der Waals surface area contributed by atoms with Crippen LogP contribution in [-0.4, -0.2) is 85.0 Å². The van der Waals surface area contributed by atoms with Gasteiger partial charge in [0.2, 0.25) is 0 Å². The molecule has 1 aromatic heterocycles. The molecule has 4 atom stereocenters. The molecule has 39 heavy (non-hydrogen) atoms. The van der Waals surface area contributed by atoms with E-state index >= 15 is 0 Å². The van der Waals surface area contributed by atoms with Gasteiger partial charge in [-0.25, -0.2) is 9.78 Å². The van der Waals surface area contributed by atoms with E-state index in [1.165, 1.54) is 30.6 Å². The molecule has 0 saturated carbocycles. The van der Waals surface area contributed by atoms with Crippen LogP contribution in [0.1, 0.15) is 42.7 Å². The molecule has 0 unspecified atom stereocenters. The highest BCUT2D eigenvalue weighted by atomic mass is 16.7. The van der Waals surface area contributed by atoms with Crippen LogP contribution in [0.4, 0.5) is 0 Å². The first-order valence-corrected chi connectivity index (χ1v) is 12.8. The Morgan fingerprint density at radius 2 is 1.87 bits per heavy atom. The number of nitrogens with one attached hydrogen (secondary N) is 1. The zero-order valence-electron chi connectivity index (χ0n) is 22.9. The van der Waals surface area contributed by atoms with Crippen molar-refractivity contribution in [3.63, 3.8) is 0 Å². The summed E-state index contributed by atoms with van der Waals surface area (Å²) in [6, 6.07) is 7.44. The van der Waals surface area contributed by atoms with E-state index in [0.29, 0.717) is 6.42 Å². The largest absolute Gasteiger partial charge is 0.531 e. The van der Waals surface area contributed by atoms with Gasteiger partial charge in [0.15, 0.2) is 11.9 Å². The predicted octanol–water partition coefficient (Wildman–Crippen LogP) is 1.73. The van der Waals surface area contributed by atoms with E-state index in [1.54, 1.807) is 14.1 Å². The molecule has 2 aromatic rings. The lowest BCUT2D eigenvalue weighted by Crippen LogP contribution is -2.59. The highest BCUT2D eigenvalue weighted by Gasteiger charge is 2.51. The summed E-state index contributed by atoms with van der Waals surface area (Å²) in [5.74, 6) is -2.59. The van der Waals surface area contributed by atoms with Crippen LogP contribution in [-0.2, 0) is 34.9 Å². The number of hydrogen-bond acceptors (Lipinski definition) is 10. The van der Waals surface area contributed by atoms with Crippen molar-refractivity contribution in [2.75, 3.05) is 21.2 Å². The summed E-state index contributed by atoms with van der Waals surface area (Å²) in [5.41, 5.74) is 0.943. The molecule has 1 N–H and O–H groups in total. The number of rotatable bonds is 12. The first kappa shape index (κ1) is 29.9. The van der Waals surface area contributed by atoms with E-state index in [1.807, 2.05) is 44.2 Å².